The molecule has 7 heteroatoms. The minimum atomic E-state index is -0.323. The number of benzene rings is 3. The molecule has 180 valence electrons. The average Bonchev–Trinajstić information content (AvgIpc) is 3.22. The highest BCUT2D eigenvalue weighted by molar-refractivity contribution is 7.07. The zero-order valence-corrected chi connectivity index (χ0v) is 20.7. The third-order valence-electron chi connectivity index (χ3n) is 6.82. The van der Waals surface area contributed by atoms with Gasteiger partial charge in [0.15, 0.2) is 16.3 Å². The van der Waals surface area contributed by atoms with Crippen LogP contribution in [0.3, 0.4) is 0 Å². The van der Waals surface area contributed by atoms with Crippen molar-refractivity contribution in [3.8, 4) is 17.2 Å². The molecule has 0 unspecified atom stereocenters. The van der Waals surface area contributed by atoms with Gasteiger partial charge in [-0.1, -0.05) is 59.9 Å². The number of nitrogens with zero attached hydrogens (tertiary/aromatic N) is 2. The highest BCUT2D eigenvalue weighted by atomic mass is 32.1. The van der Waals surface area contributed by atoms with Gasteiger partial charge in [-0.3, -0.25) is 9.36 Å². The van der Waals surface area contributed by atoms with Crippen LogP contribution in [-0.4, -0.2) is 23.9 Å². The molecule has 36 heavy (non-hydrogen) atoms. The van der Waals surface area contributed by atoms with E-state index in [1.54, 1.807) is 43.1 Å². The zero-order chi connectivity index (χ0) is 24.8. The lowest BCUT2D eigenvalue weighted by atomic mass is 9.83. The largest absolute Gasteiger partial charge is 0.507 e. The van der Waals surface area contributed by atoms with Crippen LogP contribution < -0.4 is 24.4 Å². The fourth-order valence-corrected chi connectivity index (χ4v) is 6.09. The van der Waals surface area contributed by atoms with Crippen LogP contribution in [0.5, 0.6) is 17.2 Å². The molecule has 0 saturated heterocycles. The fourth-order valence-electron chi connectivity index (χ4n) is 5.10. The van der Waals surface area contributed by atoms with Gasteiger partial charge in [0, 0.05) is 11.1 Å². The number of fused-ring (bicyclic) bond motifs is 3. The molecule has 0 spiro atoms. The summed E-state index contributed by atoms with van der Waals surface area (Å²) in [6, 6.07) is 20.8. The number of para-hydroxylation sites is 1. The van der Waals surface area contributed by atoms with E-state index in [1.807, 2.05) is 30.3 Å². The molecule has 6 nitrogen and oxygen atoms in total. The van der Waals surface area contributed by atoms with Crippen molar-refractivity contribution >= 4 is 23.1 Å². The van der Waals surface area contributed by atoms with Crippen LogP contribution in [-0.2, 0) is 6.42 Å². The Morgan fingerprint density at radius 1 is 1.00 bits per heavy atom. The maximum atomic E-state index is 13.8. The summed E-state index contributed by atoms with van der Waals surface area (Å²) in [5.41, 5.74) is 5.83. The summed E-state index contributed by atoms with van der Waals surface area (Å²) < 4.78 is 13.4. The van der Waals surface area contributed by atoms with E-state index >= 15 is 0 Å². The van der Waals surface area contributed by atoms with Crippen molar-refractivity contribution in [2.24, 2.45) is 4.99 Å². The molecule has 1 N–H and O–H groups in total. The Morgan fingerprint density at radius 3 is 2.58 bits per heavy atom. The number of thiazole rings is 1. The van der Waals surface area contributed by atoms with Crippen molar-refractivity contribution in [1.82, 2.24) is 4.57 Å². The smallest absolute Gasteiger partial charge is 0.271 e. The van der Waals surface area contributed by atoms with Crippen molar-refractivity contribution in [3.05, 3.63) is 114 Å². The molecule has 0 fully saturated rings. The first kappa shape index (κ1) is 22.4. The maximum absolute atomic E-state index is 13.8. The number of phenols is 1. The Morgan fingerprint density at radius 2 is 1.78 bits per heavy atom. The number of hydrogen-bond acceptors (Lipinski definition) is 6. The lowest BCUT2D eigenvalue weighted by molar-refractivity contribution is 0.354. The van der Waals surface area contributed by atoms with E-state index in [1.165, 1.54) is 16.9 Å². The van der Waals surface area contributed by atoms with E-state index in [0.717, 1.165) is 35.2 Å². The number of ether oxygens (including phenoxy) is 2. The molecule has 0 saturated carbocycles. The Balaban J connectivity index is 1.63. The first-order valence-corrected chi connectivity index (χ1v) is 12.5. The van der Waals surface area contributed by atoms with Gasteiger partial charge in [-0.25, -0.2) is 4.99 Å². The molecule has 6 rings (SSSR count). The van der Waals surface area contributed by atoms with E-state index in [4.69, 9.17) is 14.5 Å². The third kappa shape index (κ3) is 3.55. The lowest BCUT2D eigenvalue weighted by Gasteiger charge is -2.31. The first-order chi connectivity index (χ1) is 17.6. The van der Waals surface area contributed by atoms with Crippen LogP contribution in [0.25, 0.3) is 11.8 Å². The summed E-state index contributed by atoms with van der Waals surface area (Å²) in [5.74, 6) is 1.38. The van der Waals surface area contributed by atoms with Crippen LogP contribution in [0.15, 0.2) is 82.1 Å². The lowest BCUT2D eigenvalue weighted by Crippen LogP contribution is -2.38. The number of phenolic OH excluding ortho intramolecular Hbond substituents is 1. The first-order valence-electron chi connectivity index (χ1n) is 11.7. The van der Waals surface area contributed by atoms with Crippen LogP contribution in [0.2, 0.25) is 0 Å². The predicted octanol–water partition coefficient (Wildman–Crippen LogP) is 4.04. The number of rotatable bonds is 4. The molecular weight excluding hydrogens is 472 g/mol. The van der Waals surface area contributed by atoms with Crippen LogP contribution >= 0.6 is 11.3 Å². The summed E-state index contributed by atoms with van der Waals surface area (Å²) in [6.07, 6.45) is 3.43. The van der Waals surface area contributed by atoms with Gasteiger partial charge < -0.3 is 14.6 Å². The van der Waals surface area contributed by atoms with E-state index in [9.17, 15) is 9.90 Å². The van der Waals surface area contributed by atoms with Crippen LogP contribution in [0, 0.1) is 0 Å². The number of aryl methyl sites for hydroxylation is 1. The molecule has 3 aromatic carbocycles. The van der Waals surface area contributed by atoms with Gasteiger partial charge in [0.25, 0.3) is 5.56 Å². The molecule has 2 aliphatic rings. The monoisotopic (exact) mass is 496 g/mol. The molecular formula is C29H24N2O4S. The van der Waals surface area contributed by atoms with Gasteiger partial charge in [-0.05, 0) is 53.8 Å². The summed E-state index contributed by atoms with van der Waals surface area (Å²) >= 11 is 1.34. The third-order valence-corrected chi connectivity index (χ3v) is 7.80. The van der Waals surface area contributed by atoms with Crippen molar-refractivity contribution in [2.75, 3.05) is 14.2 Å². The van der Waals surface area contributed by atoms with Gasteiger partial charge in [0.1, 0.15) is 5.75 Å². The normalized spacial score (nSPS) is 16.6. The van der Waals surface area contributed by atoms with Crippen molar-refractivity contribution in [3.63, 3.8) is 0 Å². The molecule has 1 aromatic heterocycles. The molecule has 0 bridgehead atoms. The molecule has 1 aliphatic carbocycles. The second-order valence-electron chi connectivity index (χ2n) is 8.79. The molecule has 1 atom stereocenters. The predicted molar refractivity (Wildman–Crippen MR) is 140 cm³/mol. The molecule has 4 aromatic rings. The Bertz CT molecular complexity index is 1710. The van der Waals surface area contributed by atoms with Crippen molar-refractivity contribution in [1.29, 1.82) is 0 Å². The Kier molecular flexibility index (Phi) is 5.49. The van der Waals surface area contributed by atoms with Crippen molar-refractivity contribution < 1.29 is 14.6 Å². The fraction of sp³-hybridized carbons (Fsp3) is 0.172. The number of allylic oxidation sites excluding steroid dienone is 1. The maximum Gasteiger partial charge on any atom is 0.271 e. The minimum Gasteiger partial charge on any atom is -0.507 e. The van der Waals surface area contributed by atoms with E-state index in [0.29, 0.717) is 26.4 Å². The molecule has 2 heterocycles. The summed E-state index contributed by atoms with van der Waals surface area (Å²) in [5, 5.41) is 10.3. The SMILES string of the molecule is COc1ccc([C@@H]2C3=C(N=c4s/c(=C\c5ccccc5O)c(=O)n42)c2ccccc2CC3)cc1OC. The number of aromatic hydroxyl groups is 1. The molecule has 1 aliphatic heterocycles. The average molecular weight is 497 g/mol. The Hall–Kier alpha value is -4.10. The number of methoxy groups -OCH3 is 2. The van der Waals surface area contributed by atoms with Gasteiger partial charge in [-0.2, -0.15) is 0 Å². The standard InChI is InChI=1S/C29H24N2O4S/c1-34-23-14-12-19(15-24(23)35-2)27-21-13-11-17-7-3-5-9-20(17)26(21)30-29-31(27)28(33)25(36-29)16-18-8-4-6-10-22(18)32/h3-10,12,14-16,27,32H,11,13H2,1-2H3/b25-16-/t27-/m1/s1. The van der Waals surface area contributed by atoms with Crippen LogP contribution in [0.1, 0.15) is 34.7 Å². The van der Waals surface area contributed by atoms with E-state index < -0.39 is 0 Å². The minimum absolute atomic E-state index is 0.132. The van der Waals surface area contributed by atoms with Gasteiger partial charge in [-0.15, -0.1) is 0 Å². The molecule has 0 amide bonds. The topological polar surface area (TPSA) is 73.0 Å². The van der Waals surface area contributed by atoms with E-state index in [2.05, 4.69) is 18.2 Å². The van der Waals surface area contributed by atoms with Gasteiger partial charge in [0.2, 0.25) is 0 Å². The van der Waals surface area contributed by atoms with Crippen molar-refractivity contribution in [2.45, 2.75) is 18.9 Å². The molecule has 0 radical (unpaired) electrons. The summed E-state index contributed by atoms with van der Waals surface area (Å²) in [7, 11) is 3.22. The second kappa shape index (κ2) is 8.84. The van der Waals surface area contributed by atoms with Crippen LogP contribution in [0.4, 0.5) is 0 Å². The van der Waals surface area contributed by atoms with E-state index in [-0.39, 0.29) is 17.4 Å². The Labute approximate surface area is 211 Å². The highest BCUT2D eigenvalue weighted by Gasteiger charge is 2.33. The summed E-state index contributed by atoms with van der Waals surface area (Å²) in [4.78, 5) is 19.5. The second-order valence-corrected chi connectivity index (χ2v) is 9.80. The summed E-state index contributed by atoms with van der Waals surface area (Å²) in [6.45, 7) is 0. The highest BCUT2D eigenvalue weighted by Crippen LogP contribution is 2.42. The number of aromatic nitrogens is 1. The number of hydrogen-bond donors (Lipinski definition) is 1. The zero-order valence-electron chi connectivity index (χ0n) is 19.9. The van der Waals surface area contributed by atoms with Gasteiger partial charge in [0.05, 0.1) is 30.5 Å². The quantitative estimate of drug-likeness (QED) is 0.463. The van der Waals surface area contributed by atoms with Gasteiger partial charge >= 0.3 is 0 Å².